The highest BCUT2D eigenvalue weighted by molar-refractivity contribution is 7.96. The van der Waals surface area contributed by atoms with E-state index in [0.717, 1.165) is 11.3 Å². The van der Waals surface area contributed by atoms with Crippen LogP contribution in [-0.2, 0) is 19.7 Å². The molecule has 148 valence electrons. The number of thiazole rings is 1. The highest BCUT2D eigenvalue weighted by atomic mass is 35.5. The fraction of sp³-hybridized carbons (Fsp3) is 0.167. The van der Waals surface area contributed by atoms with Gasteiger partial charge in [0, 0.05) is 15.6 Å². The van der Waals surface area contributed by atoms with Crippen molar-refractivity contribution < 1.29 is 16.8 Å². The van der Waals surface area contributed by atoms with E-state index in [1.807, 2.05) is 0 Å². The average Bonchev–Trinajstić information content (AvgIpc) is 3.10. The molecule has 0 aliphatic rings. The van der Waals surface area contributed by atoms with Gasteiger partial charge in [0.1, 0.15) is 5.01 Å². The van der Waals surface area contributed by atoms with Crippen molar-refractivity contribution in [3.05, 3.63) is 58.6 Å². The van der Waals surface area contributed by atoms with Crippen molar-refractivity contribution in [2.45, 2.75) is 27.5 Å². The van der Waals surface area contributed by atoms with Crippen LogP contribution in [0.2, 0.25) is 10.0 Å². The standard InChI is InChI=1S/C18H15Cl2NO4S3/c1-2-11-27(22,23)18-17(28(24,25)15-9-7-14(20)8-10-15)21-16(26-18)12-3-5-13(19)6-4-12/h3-10H,2,11H2,1H3. The molecule has 10 heteroatoms. The van der Waals surface area contributed by atoms with Crippen LogP contribution in [0, 0.1) is 0 Å². The number of halogens is 2. The lowest BCUT2D eigenvalue weighted by molar-refractivity contribution is 0.581. The molecule has 0 N–H and O–H groups in total. The Hall–Kier alpha value is -1.45. The SMILES string of the molecule is CCCS(=O)(=O)c1sc(-c2ccc(Cl)cc2)nc1S(=O)(=O)c1ccc(Cl)cc1. The quantitative estimate of drug-likeness (QED) is 0.493. The number of hydrogen-bond acceptors (Lipinski definition) is 6. The summed E-state index contributed by atoms with van der Waals surface area (Å²) < 4.78 is 51.5. The zero-order valence-electron chi connectivity index (χ0n) is 14.6. The largest absolute Gasteiger partial charge is 0.226 e. The lowest BCUT2D eigenvalue weighted by atomic mass is 10.2. The molecule has 1 aromatic heterocycles. The minimum Gasteiger partial charge on any atom is -0.223 e. The topological polar surface area (TPSA) is 81.2 Å². The van der Waals surface area contributed by atoms with Gasteiger partial charge in [-0.25, -0.2) is 21.8 Å². The van der Waals surface area contributed by atoms with Crippen LogP contribution in [0.15, 0.2) is 62.7 Å². The predicted molar refractivity (Wildman–Crippen MR) is 112 cm³/mol. The van der Waals surface area contributed by atoms with Crippen molar-refractivity contribution in [2.75, 3.05) is 5.75 Å². The van der Waals surface area contributed by atoms with Crippen molar-refractivity contribution in [1.29, 1.82) is 0 Å². The molecule has 0 atom stereocenters. The van der Waals surface area contributed by atoms with Gasteiger partial charge in [-0.15, -0.1) is 11.3 Å². The molecule has 2 aromatic carbocycles. The van der Waals surface area contributed by atoms with Gasteiger partial charge in [0.2, 0.25) is 9.84 Å². The molecular weight excluding hydrogens is 461 g/mol. The molecule has 28 heavy (non-hydrogen) atoms. The number of rotatable bonds is 6. The molecule has 0 aliphatic carbocycles. The molecule has 0 saturated carbocycles. The summed E-state index contributed by atoms with van der Waals surface area (Å²) in [5.74, 6) is -0.168. The van der Waals surface area contributed by atoms with Crippen molar-refractivity contribution in [2.24, 2.45) is 0 Å². The molecular formula is C18H15Cl2NO4S3. The summed E-state index contributed by atoms with van der Waals surface area (Å²) in [6.07, 6.45) is 0.358. The molecule has 0 spiro atoms. The first-order chi connectivity index (χ1) is 13.1. The Morgan fingerprint density at radius 1 is 0.893 bits per heavy atom. The zero-order chi connectivity index (χ0) is 20.5. The summed E-state index contributed by atoms with van der Waals surface area (Å²) >= 11 is 12.6. The van der Waals surface area contributed by atoms with E-state index in [9.17, 15) is 16.8 Å². The van der Waals surface area contributed by atoms with Gasteiger partial charge < -0.3 is 0 Å². The van der Waals surface area contributed by atoms with Gasteiger partial charge in [0.25, 0.3) is 0 Å². The summed E-state index contributed by atoms with van der Waals surface area (Å²) in [5, 5.41) is 0.711. The molecule has 0 bridgehead atoms. The first-order valence-electron chi connectivity index (χ1n) is 8.15. The molecule has 3 aromatic rings. The third kappa shape index (κ3) is 4.26. The van der Waals surface area contributed by atoms with Crippen LogP contribution in [0.4, 0.5) is 0 Å². The number of hydrogen-bond donors (Lipinski definition) is 0. The number of benzene rings is 2. The van der Waals surface area contributed by atoms with E-state index in [1.54, 1.807) is 31.2 Å². The Labute approximate surface area is 177 Å². The zero-order valence-corrected chi connectivity index (χ0v) is 18.6. The smallest absolute Gasteiger partial charge is 0.223 e. The number of sulfone groups is 2. The second kappa shape index (κ2) is 8.12. The monoisotopic (exact) mass is 475 g/mol. The van der Waals surface area contributed by atoms with Crippen LogP contribution in [0.25, 0.3) is 10.6 Å². The summed E-state index contributed by atoms with van der Waals surface area (Å²) in [7, 11) is -7.96. The van der Waals surface area contributed by atoms with E-state index < -0.39 is 24.7 Å². The maximum atomic E-state index is 13.1. The normalized spacial score (nSPS) is 12.2. The summed E-state index contributed by atoms with van der Waals surface area (Å²) in [5.41, 5.74) is 0.583. The van der Waals surface area contributed by atoms with E-state index in [4.69, 9.17) is 23.2 Å². The molecule has 3 rings (SSSR count). The van der Waals surface area contributed by atoms with Gasteiger partial charge in [-0.3, -0.25) is 0 Å². The lowest BCUT2D eigenvalue weighted by Crippen LogP contribution is -2.11. The van der Waals surface area contributed by atoms with Crippen molar-refractivity contribution in [3.8, 4) is 10.6 Å². The first-order valence-corrected chi connectivity index (χ1v) is 12.9. The van der Waals surface area contributed by atoms with Crippen LogP contribution in [0.3, 0.4) is 0 Å². The van der Waals surface area contributed by atoms with Gasteiger partial charge in [-0.2, -0.15) is 0 Å². The highest BCUT2D eigenvalue weighted by Gasteiger charge is 2.33. The molecule has 0 radical (unpaired) electrons. The number of aromatic nitrogens is 1. The Morgan fingerprint density at radius 3 is 1.96 bits per heavy atom. The first kappa shape index (κ1) is 21.3. The minimum atomic E-state index is -4.15. The van der Waals surface area contributed by atoms with Crippen molar-refractivity contribution in [3.63, 3.8) is 0 Å². The maximum Gasteiger partial charge on any atom is 0.226 e. The Kier molecular flexibility index (Phi) is 6.17. The van der Waals surface area contributed by atoms with E-state index in [-0.39, 0.29) is 14.9 Å². The second-order valence-corrected chi connectivity index (χ2v) is 11.9. The molecule has 0 amide bonds. The third-order valence-corrected chi connectivity index (χ3v) is 9.87. The average molecular weight is 476 g/mol. The molecule has 5 nitrogen and oxygen atoms in total. The predicted octanol–water partition coefficient (Wildman–Crippen LogP) is 5.13. The molecule has 0 fully saturated rings. The Balaban J connectivity index is 2.23. The van der Waals surface area contributed by atoms with Crippen LogP contribution in [-0.4, -0.2) is 27.6 Å². The van der Waals surface area contributed by atoms with Crippen LogP contribution in [0.1, 0.15) is 13.3 Å². The molecule has 1 heterocycles. The third-order valence-electron chi connectivity index (χ3n) is 3.79. The fourth-order valence-corrected chi connectivity index (χ4v) is 7.81. The van der Waals surface area contributed by atoms with Gasteiger partial charge in [0.05, 0.1) is 10.6 Å². The van der Waals surface area contributed by atoms with Crippen molar-refractivity contribution >= 4 is 54.2 Å². The molecule has 0 aliphatic heterocycles. The number of nitrogens with zero attached hydrogens (tertiary/aromatic N) is 1. The summed E-state index contributed by atoms with van der Waals surface area (Å²) in [6.45, 7) is 1.71. The Bertz CT molecular complexity index is 1200. The van der Waals surface area contributed by atoms with E-state index >= 15 is 0 Å². The fourth-order valence-electron chi connectivity index (χ4n) is 2.46. The van der Waals surface area contributed by atoms with E-state index in [2.05, 4.69) is 4.98 Å². The van der Waals surface area contributed by atoms with E-state index in [0.29, 0.717) is 27.0 Å². The van der Waals surface area contributed by atoms with Gasteiger partial charge in [-0.05, 0) is 42.8 Å². The van der Waals surface area contributed by atoms with Gasteiger partial charge in [-0.1, -0.05) is 42.3 Å². The molecule has 0 unspecified atom stereocenters. The minimum absolute atomic E-state index is 0.0715. The van der Waals surface area contributed by atoms with Crippen molar-refractivity contribution in [1.82, 2.24) is 4.98 Å². The van der Waals surface area contributed by atoms with Gasteiger partial charge in [0.15, 0.2) is 19.1 Å². The van der Waals surface area contributed by atoms with Crippen LogP contribution >= 0.6 is 34.5 Å². The molecule has 0 saturated heterocycles. The van der Waals surface area contributed by atoms with Crippen LogP contribution < -0.4 is 0 Å². The Morgan fingerprint density at radius 2 is 1.43 bits per heavy atom. The van der Waals surface area contributed by atoms with Crippen LogP contribution in [0.5, 0.6) is 0 Å². The van der Waals surface area contributed by atoms with Gasteiger partial charge >= 0.3 is 0 Å². The summed E-state index contributed by atoms with van der Waals surface area (Å²) in [6, 6.07) is 12.1. The summed E-state index contributed by atoms with van der Waals surface area (Å²) in [4.78, 5) is 4.13. The highest BCUT2D eigenvalue weighted by Crippen LogP contribution is 2.37. The lowest BCUT2D eigenvalue weighted by Gasteiger charge is -2.05. The maximum absolute atomic E-state index is 13.1. The van der Waals surface area contributed by atoms with E-state index in [1.165, 1.54) is 24.3 Å². The second-order valence-electron chi connectivity index (χ2n) is 5.89.